The molecular formula is C24H24ClN9O2. The van der Waals surface area contributed by atoms with Gasteiger partial charge in [-0.2, -0.15) is 4.98 Å². The van der Waals surface area contributed by atoms with E-state index in [1.807, 2.05) is 20.0 Å². The number of halogens is 1. The number of anilines is 2. The maximum Gasteiger partial charge on any atom is 0.272 e. The number of hydrogen-bond acceptors (Lipinski definition) is 9. The van der Waals surface area contributed by atoms with Gasteiger partial charge in [0.25, 0.3) is 5.91 Å². The molecule has 12 heteroatoms. The number of aromatic nitrogens is 6. The van der Waals surface area contributed by atoms with E-state index in [4.69, 9.17) is 22.1 Å². The zero-order valence-electron chi connectivity index (χ0n) is 19.8. The van der Waals surface area contributed by atoms with Crippen molar-refractivity contribution in [2.24, 2.45) is 12.8 Å². The molecule has 0 aliphatic carbocycles. The Labute approximate surface area is 212 Å². The Kier molecular flexibility index (Phi) is 6.38. The minimum atomic E-state index is -0.0667. The lowest BCUT2D eigenvalue weighted by atomic mass is 10.1. The summed E-state index contributed by atoms with van der Waals surface area (Å²) in [7, 11) is 1.81. The number of nitrogens with zero attached hydrogens (tertiary/aromatic N) is 7. The van der Waals surface area contributed by atoms with Crippen LogP contribution in [0.4, 0.5) is 11.6 Å². The van der Waals surface area contributed by atoms with Crippen molar-refractivity contribution in [2.75, 3.05) is 18.4 Å². The fourth-order valence-electron chi connectivity index (χ4n) is 3.77. The van der Waals surface area contributed by atoms with E-state index in [1.165, 1.54) is 24.8 Å². The number of nitrogens with one attached hydrogen (secondary N) is 1. The van der Waals surface area contributed by atoms with Gasteiger partial charge in [-0.1, -0.05) is 18.5 Å². The van der Waals surface area contributed by atoms with Crippen molar-refractivity contribution in [3.05, 3.63) is 65.2 Å². The summed E-state index contributed by atoms with van der Waals surface area (Å²) >= 11 is 6.71. The monoisotopic (exact) mass is 505 g/mol. The Morgan fingerprint density at radius 2 is 2.03 bits per heavy atom. The minimum Gasteiger partial charge on any atom is -0.450 e. The molecule has 184 valence electrons. The van der Waals surface area contributed by atoms with E-state index < -0.39 is 0 Å². The lowest BCUT2D eigenvalue weighted by Crippen LogP contribution is -2.42. The van der Waals surface area contributed by atoms with Gasteiger partial charge in [0.15, 0.2) is 17.2 Å². The first-order valence-electron chi connectivity index (χ1n) is 11.4. The first-order valence-corrected chi connectivity index (χ1v) is 11.8. The number of pyridine rings is 2. The van der Waals surface area contributed by atoms with Crippen LogP contribution in [0, 0.1) is 0 Å². The van der Waals surface area contributed by atoms with Crippen LogP contribution in [-0.4, -0.2) is 53.4 Å². The number of nitrogens with two attached hydrogens (primary N) is 1. The molecule has 1 amide bonds. The third kappa shape index (κ3) is 4.40. The van der Waals surface area contributed by atoms with Crippen molar-refractivity contribution in [1.29, 1.82) is 0 Å². The van der Waals surface area contributed by atoms with Gasteiger partial charge in [-0.15, -0.1) is 0 Å². The SMILES string of the molecule is CCc1cc(Nc2nc3ncc(OC(=CN)c4cnccn4)c(Cl)c3n2C)cc(C(=O)N2CCC2)n1. The summed E-state index contributed by atoms with van der Waals surface area (Å²) in [5, 5.41) is 3.59. The Hall–Kier alpha value is -4.25. The van der Waals surface area contributed by atoms with Crippen LogP contribution in [0.1, 0.15) is 35.2 Å². The Bertz CT molecular complexity index is 1470. The van der Waals surface area contributed by atoms with Gasteiger partial charge in [-0.3, -0.25) is 9.78 Å². The topological polar surface area (TPSA) is 137 Å². The maximum atomic E-state index is 12.8. The summed E-state index contributed by atoms with van der Waals surface area (Å²) in [4.78, 5) is 36.3. The van der Waals surface area contributed by atoms with Crippen molar-refractivity contribution in [1.82, 2.24) is 34.4 Å². The molecule has 4 aromatic rings. The number of fused-ring (bicyclic) bond motifs is 1. The lowest BCUT2D eigenvalue weighted by Gasteiger charge is -2.30. The number of amides is 1. The third-order valence-corrected chi connectivity index (χ3v) is 6.22. The van der Waals surface area contributed by atoms with Crippen molar-refractivity contribution >= 4 is 46.1 Å². The molecule has 3 N–H and O–H groups in total. The summed E-state index contributed by atoms with van der Waals surface area (Å²) in [6.45, 7) is 3.52. The van der Waals surface area contributed by atoms with E-state index in [1.54, 1.807) is 21.7 Å². The molecule has 4 aromatic heterocycles. The fraction of sp³-hybridized carbons (Fsp3) is 0.250. The summed E-state index contributed by atoms with van der Waals surface area (Å²) in [5.74, 6) is 1.01. The van der Waals surface area contributed by atoms with Crippen LogP contribution < -0.4 is 15.8 Å². The Morgan fingerprint density at radius 3 is 2.69 bits per heavy atom. The summed E-state index contributed by atoms with van der Waals surface area (Å²) < 4.78 is 7.68. The molecule has 1 aliphatic heterocycles. The van der Waals surface area contributed by atoms with Gasteiger partial charge in [-0.05, 0) is 25.0 Å². The molecule has 0 radical (unpaired) electrons. The van der Waals surface area contributed by atoms with Crippen molar-refractivity contribution < 1.29 is 9.53 Å². The molecule has 0 saturated carbocycles. The molecule has 5 rings (SSSR count). The van der Waals surface area contributed by atoms with E-state index in [9.17, 15) is 4.79 Å². The second-order valence-electron chi connectivity index (χ2n) is 8.18. The largest absolute Gasteiger partial charge is 0.450 e. The number of hydrogen-bond donors (Lipinski definition) is 2. The van der Waals surface area contributed by atoms with E-state index in [2.05, 4.69) is 30.2 Å². The molecule has 1 aliphatic rings. The van der Waals surface area contributed by atoms with Crippen LogP contribution in [0.15, 0.2) is 43.1 Å². The highest BCUT2D eigenvalue weighted by Crippen LogP contribution is 2.35. The zero-order valence-corrected chi connectivity index (χ0v) is 20.5. The molecule has 1 saturated heterocycles. The quantitative estimate of drug-likeness (QED) is 0.362. The van der Waals surface area contributed by atoms with Crippen LogP contribution in [-0.2, 0) is 13.5 Å². The van der Waals surface area contributed by atoms with E-state index in [-0.39, 0.29) is 11.7 Å². The lowest BCUT2D eigenvalue weighted by molar-refractivity contribution is 0.0645. The molecule has 0 spiro atoms. The average molecular weight is 506 g/mol. The normalized spacial score (nSPS) is 13.5. The number of ether oxygens (including phenoxy) is 1. The van der Waals surface area contributed by atoms with Crippen LogP contribution in [0.2, 0.25) is 5.02 Å². The molecule has 0 aromatic carbocycles. The van der Waals surface area contributed by atoms with Gasteiger partial charge in [0, 0.05) is 50.1 Å². The number of rotatable bonds is 7. The van der Waals surface area contributed by atoms with E-state index >= 15 is 0 Å². The molecule has 36 heavy (non-hydrogen) atoms. The fourth-order valence-corrected chi connectivity index (χ4v) is 4.07. The second kappa shape index (κ2) is 9.78. The van der Waals surface area contributed by atoms with Gasteiger partial charge in [-0.25, -0.2) is 15.0 Å². The van der Waals surface area contributed by atoms with Crippen molar-refractivity contribution in [2.45, 2.75) is 19.8 Å². The van der Waals surface area contributed by atoms with Gasteiger partial charge in [0.1, 0.15) is 21.9 Å². The number of imidazole rings is 1. The predicted octanol–water partition coefficient (Wildman–Crippen LogP) is 3.29. The number of aryl methyl sites for hydroxylation is 2. The summed E-state index contributed by atoms with van der Waals surface area (Å²) in [6.07, 6.45) is 9.10. The highest BCUT2D eigenvalue weighted by Gasteiger charge is 2.24. The standard InChI is InChI=1S/C24H24ClN9O2/c1-3-14-9-15(10-16(30-14)23(35)34-7-4-8-34)31-24-32-22-21(33(24)2)20(25)19(13-29-22)36-18(11-26)17-12-27-5-6-28-17/h5-6,9-13H,3-4,7-8,26H2,1-2H3,(H,29,30,31,32). The number of carbonyl (C=O) groups excluding carboxylic acids is 1. The van der Waals surface area contributed by atoms with E-state index in [0.717, 1.165) is 25.2 Å². The van der Waals surface area contributed by atoms with Gasteiger partial charge >= 0.3 is 0 Å². The molecule has 5 heterocycles. The zero-order chi connectivity index (χ0) is 25.2. The molecular weight excluding hydrogens is 482 g/mol. The Morgan fingerprint density at radius 1 is 1.19 bits per heavy atom. The average Bonchev–Trinajstić information content (AvgIpc) is 3.18. The van der Waals surface area contributed by atoms with Crippen LogP contribution in [0.5, 0.6) is 5.75 Å². The second-order valence-corrected chi connectivity index (χ2v) is 8.56. The molecule has 0 bridgehead atoms. The molecule has 1 fully saturated rings. The van der Waals surface area contributed by atoms with Crippen LogP contribution in [0.25, 0.3) is 16.9 Å². The Balaban J connectivity index is 1.46. The van der Waals surface area contributed by atoms with Gasteiger partial charge in [0.05, 0.1) is 12.4 Å². The number of likely N-dealkylation sites (tertiary alicyclic amines) is 1. The predicted molar refractivity (Wildman–Crippen MR) is 136 cm³/mol. The molecule has 11 nitrogen and oxygen atoms in total. The highest BCUT2D eigenvalue weighted by atomic mass is 35.5. The van der Waals surface area contributed by atoms with Crippen molar-refractivity contribution in [3.63, 3.8) is 0 Å². The molecule has 0 atom stereocenters. The third-order valence-electron chi connectivity index (χ3n) is 5.85. The first-order chi connectivity index (χ1) is 17.5. The highest BCUT2D eigenvalue weighted by molar-refractivity contribution is 6.36. The summed E-state index contributed by atoms with van der Waals surface area (Å²) in [5.41, 5.74) is 9.11. The summed E-state index contributed by atoms with van der Waals surface area (Å²) in [6, 6.07) is 3.64. The van der Waals surface area contributed by atoms with Crippen LogP contribution in [0.3, 0.4) is 0 Å². The van der Waals surface area contributed by atoms with Gasteiger partial charge < -0.3 is 25.3 Å². The minimum absolute atomic E-state index is 0.0667. The smallest absolute Gasteiger partial charge is 0.272 e. The van der Waals surface area contributed by atoms with Gasteiger partial charge in [0.2, 0.25) is 5.95 Å². The van der Waals surface area contributed by atoms with Crippen molar-refractivity contribution in [3.8, 4) is 5.75 Å². The molecule has 0 unspecified atom stereocenters. The maximum absolute atomic E-state index is 12.8. The van der Waals surface area contributed by atoms with E-state index in [0.29, 0.717) is 51.4 Å². The number of carbonyl (C=O) groups is 1. The van der Waals surface area contributed by atoms with Crippen LogP contribution >= 0.6 is 11.6 Å². The first kappa shape index (κ1) is 23.5.